The lowest BCUT2D eigenvalue weighted by molar-refractivity contribution is 0.410. The zero-order valence-electron chi connectivity index (χ0n) is 5.05. The van der Waals surface area contributed by atoms with Gasteiger partial charge in [0.15, 0.2) is 0 Å². The highest BCUT2D eigenvalue weighted by molar-refractivity contribution is 4.87. The van der Waals surface area contributed by atoms with Gasteiger partial charge in [0.05, 0.1) is 12.7 Å². The smallest absolute Gasteiger partial charge is 0.0850 e. The van der Waals surface area contributed by atoms with Gasteiger partial charge in [0.25, 0.3) is 0 Å². The fourth-order valence-corrected chi connectivity index (χ4v) is 0.521. The van der Waals surface area contributed by atoms with E-state index in [2.05, 4.69) is 5.73 Å². The maximum atomic E-state index is 4.97. The molecule has 0 N–H and O–H groups in total. The second-order valence-corrected chi connectivity index (χ2v) is 1.85. The van der Waals surface area contributed by atoms with Crippen molar-refractivity contribution in [1.82, 2.24) is 0 Å². The zero-order chi connectivity index (χ0) is 5.82. The van der Waals surface area contributed by atoms with Crippen LogP contribution in [0.2, 0.25) is 0 Å². The molecule has 0 aromatic rings. The van der Waals surface area contributed by atoms with Gasteiger partial charge in [-0.2, -0.15) is 0 Å². The summed E-state index contributed by atoms with van der Waals surface area (Å²) in [5.41, 5.74) is 2.99. The summed E-state index contributed by atoms with van der Waals surface area (Å²) in [7, 11) is 0. The summed E-state index contributed by atoms with van der Waals surface area (Å²) in [6.07, 6.45) is 5.46. The van der Waals surface area contributed by atoms with E-state index in [4.69, 9.17) is 4.74 Å². The van der Waals surface area contributed by atoms with Crippen LogP contribution in [-0.2, 0) is 4.74 Å². The lowest BCUT2D eigenvalue weighted by Gasteiger charge is -1.75. The van der Waals surface area contributed by atoms with Gasteiger partial charge in [0.1, 0.15) is 0 Å². The Labute approximate surface area is 49.7 Å². The topological polar surface area (TPSA) is 12.5 Å². The summed E-state index contributed by atoms with van der Waals surface area (Å²) < 4.78 is 4.97. The molecule has 0 amide bonds. The molecule has 0 radical (unpaired) electrons. The first-order valence-corrected chi connectivity index (χ1v) is 2.90. The van der Waals surface area contributed by atoms with Crippen LogP contribution in [0.5, 0.6) is 0 Å². The van der Waals surface area contributed by atoms with E-state index in [0.29, 0.717) is 6.10 Å². The lowest BCUT2D eigenvalue weighted by atomic mass is 10.3. The Kier molecular flexibility index (Phi) is 1.90. The maximum Gasteiger partial charge on any atom is 0.0850 e. The summed E-state index contributed by atoms with van der Waals surface area (Å²) in [5.74, 6) is 0. The van der Waals surface area contributed by atoms with Crippen LogP contribution in [0.1, 0.15) is 13.3 Å². The van der Waals surface area contributed by atoms with Crippen molar-refractivity contribution < 1.29 is 4.74 Å². The van der Waals surface area contributed by atoms with Crippen LogP contribution >= 0.6 is 0 Å². The van der Waals surface area contributed by atoms with E-state index >= 15 is 0 Å². The van der Waals surface area contributed by atoms with E-state index in [9.17, 15) is 0 Å². The molecule has 1 aliphatic rings. The van der Waals surface area contributed by atoms with Gasteiger partial charge in [-0.05, 0) is 19.1 Å². The number of ether oxygens (including phenoxy) is 1. The molecule has 1 heterocycles. The lowest BCUT2D eigenvalue weighted by Crippen LogP contribution is -1.76. The summed E-state index contributed by atoms with van der Waals surface area (Å²) in [5, 5.41) is 0. The number of hydrogen-bond acceptors (Lipinski definition) is 1. The van der Waals surface area contributed by atoms with Gasteiger partial charge in [-0.3, -0.25) is 0 Å². The fourth-order valence-electron chi connectivity index (χ4n) is 0.521. The van der Waals surface area contributed by atoms with Crippen LogP contribution in [0.25, 0.3) is 0 Å². The van der Waals surface area contributed by atoms with Crippen molar-refractivity contribution in [2.24, 2.45) is 0 Å². The van der Waals surface area contributed by atoms with Crippen LogP contribution in [-0.4, -0.2) is 12.7 Å². The van der Waals surface area contributed by atoms with Gasteiger partial charge in [-0.15, -0.1) is 5.73 Å². The van der Waals surface area contributed by atoms with Crippen LogP contribution in [0.4, 0.5) is 0 Å². The van der Waals surface area contributed by atoms with Gasteiger partial charge in [-0.25, -0.2) is 0 Å². The molecule has 0 aromatic carbocycles. The molecule has 8 heavy (non-hydrogen) atoms. The monoisotopic (exact) mass is 110 g/mol. The summed E-state index contributed by atoms with van der Waals surface area (Å²) in [6, 6.07) is 0. The van der Waals surface area contributed by atoms with E-state index in [1.165, 1.54) is 0 Å². The van der Waals surface area contributed by atoms with Gasteiger partial charge in [-0.1, -0.05) is 0 Å². The SMILES string of the molecule is CC=C=CCC1CO1. The Hall–Kier alpha value is -0.520. The van der Waals surface area contributed by atoms with Crippen LogP contribution in [0.15, 0.2) is 17.9 Å². The van der Waals surface area contributed by atoms with Crippen molar-refractivity contribution in [2.75, 3.05) is 6.61 Å². The van der Waals surface area contributed by atoms with E-state index in [1.807, 2.05) is 19.1 Å². The standard InChI is InChI=1S/C7H10O/c1-2-3-4-5-7-6-8-7/h2,4,7H,5-6H2,1H3. The molecular formula is C7H10O. The van der Waals surface area contributed by atoms with Crippen LogP contribution in [0.3, 0.4) is 0 Å². The third kappa shape index (κ3) is 1.97. The van der Waals surface area contributed by atoms with Gasteiger partial charge in [0, 0.05) is 6.42 Å². The second kappa shape index (κ2) is 2.71. The Morgan fingerprint density at radius 3 is 3.12 bits per heavy atom. The van der Waals surface area contributed by atoms with Gasteiger partial charge >= 0.3 is 0 Å². The van der Waals surface area contributed by atoms with Crippen LogP contribution < -0.4 is 0 Å². The Bertz CT molecular complexity index is 116. The Balaban J connectivity index is 2.10. The second-order valence-electron chi connectivity index (χ2n) is 1.85. The molecule has 0 aromatic heterocycles. The van der Waals surface area contributed by atoms with Crippen molar-refractivity contribution in [1.29, 1.82) is 0 Å². The number of hydrogen-bond donors (Lipinski definition) is 0. The Morgan fingerprint density at radius 1 is 1.88 bits per heavy atom. The summed E-state index contributed by atoms with van der Waals surface area (Å²) in [4.78, 5) is 0. The van der Waals surface area contributed by atoms with E-state index in [1.54, 1.807) is 0 Å². The number of epoxide rings is 1. The molecule has 1 saturated heterocycles. The first kappa shape index (κ1) is 5.61. The molecule has 1 fully saturated rings. The van der Waals surface area contributed by atoms with Crippen molar-refractivity contribution in [3.63, 3.8) is 0 Å². The third-order valence-electron chi connectivity index (χ3n) is 1.07. The minimum atomic E-state index is 0.516. The van der Waals surface area contributed by atoms with E-state index < -0.39 is 0 Å². The van der Waals surface area contributed by atoms with E-state index in [-0.39, 0.29) is 0 Å². The molecule has 44 valence electrons. The minimum Gasteiger partial charge on any atom is -0.373 e. The molecule has 1 nitrogen and oxygen atoms in total. The maximum absolute atomic E-state index is 4.97. The molecular weight excluding hydrogens is 100 g/mol. The predicted octanol–water partition coefficient (Wildman–Crippen LogP) is 1.51. The van der Waals surface area contributed by atoms with Gasteiger partial charge in [0.2, 0.25) is 0 Å². The normalized spacial score (nSPS) is 23.9. The van der Waals surface area contributed by atoms with Crippen molar-refractivity contribution in [3.8, 4) is 0 Å². The van der Waals surface area contributed by atoms with Gasteiger partial charge < -0.3 is 4.74 Å². The highest BCUT2D eigenvalue weighted by Gasteiger charge is 2.19. The molecule has 1 atom stereocenters. The number of rotatable bonds is 2. The zero-order valence-corrected chi connectivity index (χ0v) is 5.05. The average molecular weight is 110 g/mol. The van der Waals surface area contributed by atoms with Crippen molar-refractivity contribution in [2.45, 2.75) is 19.4 Å². The Morgan fingerprint density at radius 2 is 2.62 bits per heavy atom. The molecule has 1 aliphatic heterocycles. The molecule has 0 saturated carbocycles. The first-order valence-electron chi connectivity index (χ1n) is 2.90. The fraction of sp³-hybridized carbons (Fsp3) is 0.571. The van der Waals surface area contributed by atoms with Crippen molar-refractivity contribution in [3.05, 3.63) is 17.9 Å². The quantitative estimate of drug-likeness (QED) is 0.387. The molecule has 0 spiro atoms. The molecule has 0 bridgehead atoms. The highest BCUT2D eigenvalue weighted by Crippen LogP contribution is 2.12. The summed E-state index contributed by atoms with van der Waals surface area (Å²) in [6.45, 7) is 2.91. The largest absolute Gasteiger partial charge is 0.373 e. The molecule has 1 rings (SSSR count). The average Bonchev–Trinajstić information content (AvgIpc) is 2.51. The third-order valence-corrected chi connectivity index (χ3v) is 1.07. The first-order chi connectivity index (χ1) is 3.93. The van der Waals surface area contributed by atoms with Crippen LogP contribution in [0, 0.1) is 0 Å². The van der Waals surface area contributed by atoms with Crippen molar-refractivity contribution >= 4 is 0 Å². The van der Waals surface area contributed by atoms with E-state index in [0.717, 1.165) is 13.0 Å². The highest BCUT2D eigenvalue weighted by atomic mass is 16.6. The molecule has 0 aliphatic carbocycles. The predicted molar refractivity (Wildman–Crippen MR) is 32.7 cm³/mol. The molecule has 1 unspecified atom stereocenters. The molecule has 1 heteroatoms. The summed E-state index contributed by atoms with van der Waals surface area (Å²) >= 11 is 0. The minimum absolute atomic E-state index is 0.516.